The second-order valence-electron chi connectivity index (χ2n) is 7.06. The number of nitrogens with zero attached hydrogens (tertiary/aromatic N) is 2. The Morgan fingerprint density at radius 1 is 0.968 bits per heavy atom. The van der Waals surface area contributed by atoms with E-state index in [9.17, 15) is 19.5 Å². The lowest BCUT2D eigenvalue weighted by Crippen LogP contribution is -2.34. The number of pyridine rings is 1. The van der Waals surface area contributed by atoms with Crippen LogP contribution in [0.15, 0.2) is 66.9 Å². The molecule has 1 aliphatic heterocycles. The SMILES string of the molecule is CCOC(=O)c1ncc(O)c2c1C(=O)N(CC(c1ccccc1)c1ccccc1)C2=O. The van der Waals surface area contributed by atoms with E-state index in [1.165, 1.54) is 0 Å². The molecular weight excluding hydrogens is 396 g/mol. The number of aromatic nitrogens is 1. The topological polar surface area (TPSA) is 96.8 Å². The number of carbonyl (C=O) groups excluding carboxylic acids is 3. The summed E-state index contributed by atoms with van der Waals surface area (Å²) in [4.78, 5) is 43.6. The van der Waals surface area contributed by atoms with Gasteiger partial charge in [0.1, 0.15) is 5.75 Å². The molecule has 31 heavy (non-hydrogen) atoms. The number of rotatable bonds is 6. The summed E-state index contributed by atoms with van der Waals surface area (Å²) in [7, 11) is 0. The van der Waals surface area contributed by atoms with Crippen LogP contribution in [0.4, 0.5) is 0 Å². The highest BCUT2D eigenvalue weighted by Crippen LogP contribution is 2.35. The van der Waals surface area contributed by atoms with Crippen molar-refractivity contribution < 1.29 is 24.2 Å². The van der Waals surface area contributed by atoms with Gasteiger partial charge >= 0.3 is 5.97 Å². The van der Waals surface area contributed by atoms with E-state index in [1.54, 1.807) is 6.92 Å². The molecule has 1 N–H and O–H groups in total. The lowest BCUT2D eigenvalue weighted by atomic mass is 9.91. The third-order valence-corrected chi connectivity index (χ3v) is 5.21. The van der Waals surface area contributed by atoms with Crippen molar-refractivity contribution in [1.82, 2.24) is 9.88 Å². The molecule has 1 aliphatic rings. The van der Waals surface area contributed by atoms with Gasteiger partial charge in [0.05, 0.1) is 23.9 Å². The maximum Gasteiger partial charge on any atom is 0.357 e. The van der Waals surface area contributed by atoms with Crippen LogP contribution in [0.25, 0.3) is 0 Å². The normalized spacial score (nSPS) is 12.9. The van der Waals surface area contributed by atoms with Crippen molar-refractivity contribution in [1.29, 1.82) is 0 Å². The van der Waals surface area contributed by atoms with Crippen molar-refractivity contribution in [3.63, 3.8) is 0 Å². The molecule has 0 radical (unpaired) electrons. The molecular formula is C24H20N2O5. The van der Waals surface area contributed by atoms with E-state index in [0.29, 0.717) is 0 Å². The van der Waals surface area contributed by atoms with Gasteiger partial charge in [0.25, 0.3) is 11.8 Å². The highest BCUT2D eigenvalue weighted by atomic mass is 16.5. The molecule has 0 saturated carbocycles. The average molecular weight is 416 g/mol. The molecule has 0 saturated heterocycles. The van der Waals surface area contributed by atoms with Crippen molar-refractivity contribution in [2.24, 2.45) is 0 Å². The van der Waals surface area contributed by atoms with E-state index >= 15 is 0 Å². The van der Waals surface area contributed by atoms with Gasteiger partial charge in [-0.3, -0.25) is 14.5 Å². The molecule has 2 amide bonds. The van der Waals surface area contributed by atoms with Crippen molar-refractivity contribution in [2.75, 3.05) is 13.2 Å². The number of aromatic hydroxyl groups is 1. The Morgan fingerprint density at radius 2 is 1.52 bits per heavy atom. The second-order valence-corrected chi connectivity index (χ2v) is 7.06. The molecule has 4 rings (SSSR count). The summed E-state index contributed by atoms with van der Waals surface area (Å²) in [6.45, 7) is 1.76. The van der Waals surface area contributed by atoms with Crippen molar-refractivity contribution in [3.05, 3.63) is 94.8 Å². The molecule has 0 aliphatic carbocycles. The third kappa shape index (κ3) is 3.66. The van der Waals surface area contributed by atoms with Crippen LogP contribution in [-0.4, -0.2) is 45.9 Å². The van der Waals surface area contributed by atoms with Gasteiger partial charge < -0.3 is 9.84 Å². The first-order chi connectivity index (χ1) is 15.0. The Morgan fingerprint density at radius 3 is 2.06 bits per heavy atom. The first kappa shape index (κ1) is 20.3. The number of hydrogen-bond donors (Lipinski definition) is 1. The predicted octanol–water partition coefficient (Wildman–Crippen LogP) is 3.39. The minimum Gasteiger partial charge on any atom is -0.505 e. The summed E-state index contributed by atoms with van der Waals surface area (Å²) in [5.41, 5.74) is 1.15. The first-order valence-electron chi connectivity index (χ1n) is 9.88. The number of carbonyl (C=O) groups is 3. The highest BCUT2D eigenvalue weighted by Gasteiger charge is 2.43. The zero-order chi connectivity index (χ0) is 22.0. The lowest BCUT2D eigenvalue weighted by molar-refractivity contribution is 0.0511. The van der Waals surface area contributed by atoms with E-state index in [1.807, 2.05) is 60.7 Å². The molecule has 0 atom stereocenters. The molecule has 7 heteroatoms. The van der Waals surface area contributed by atoms with Crippen LogP contribution in [0.1, 0.15) is 55.2 Å². The maximum atomic E-state index is 13.2. The van der Waals surface area contributed by atoms with E-state index in [4.69, 9.17) is 4.74 Å². The smallest absolute Gasteiger partial charge is 0.357 e. The Hall–Kier alpha value is -4.00. The van der Waals surface area contributed by atoms with Crippen LogP contribution in [-0.2, 0) is 4.74 Å². The van der Waals surface area contributed by atoms with Crippen molar-refractivity contribution >= 4 is 17.8 Å². The average Bonchev–Trinajstić information content (AvgIpc) is 3.04. The van der Waals surface area contributed by atoms with Gasteiger partial charge in [-0.25, -0.2) is 9.78 Å². The van der Waals surface area contributed by atoms with E-state index in [-0.39, 0.29) is 35.9 Å². The number of hydrogen-bond acceptors (Lipinski definition) is 6. The Balaban J connectivity index is 1.75. The predicted molar refractivity (Wildman–Crippen MR) is 112 cm³/mol. The summed E-state index contributed by atoms with van der Waals surface area (Å²) < 4.78 is 4.97. The standard InChI is InChI=1S/C24H20N2O5/c1-2-31-24(30)21-20-19(18(27)13-25-21)22(28)26(23(20)29)14-17(15-9-5-3-6-10-15)16-11-7-4-8-12-16/h3-13,17,27H,2,14H2,1H3. The summed E-state index contributed by atoms with van der Waals surface area (Å²) in [5, 5.41) is 10.2. The van der Waals surface area contributed by atoms with Crippen LogP contribution >= 0.6 is 0 Å². The van der Waals surface area contributed by atoms with E-state index in [2.05, 4.69) is 4.98 Å². The number of esters is 1. The summed E-state index contributed by atoms with van der Waals surface area (Å²) >= 11 is 0. The van der Waals surface area contributed by atoms with Gasteiger partial charge in [-0.15, -0.1) is 0 Å². The molecule has 7 nitrogen and oxygen atoms in total. The van der Waals surface area contributed by atoms with Gasteiger partial charge in [-0.05, 0) is 18.1 Å². The fourth-order valence-corrected chi connectivity index (χ4v) is 3.76. The zero-order valence-electron chi connectivity index (χ0n) is 16.8. The number of benzene rings is 2. The van der Waals surface area contributed by atoms with Gasteiger partial charge in [0.15, 0.2) is 5.69 Å². The van der Waals surface area contributed by atoms with Gasteiger partial charge in [-0.1, -0.05) is 60.7 Å². The zero-order valence-corrected chi connectivity index (χ0v) is 16.8. The largest absolute Gasteiger partial charge is 0.505 e. The van der Waals surface area contributed by atoms with E-state index < -0.39 is 23.5 Å². The molecule has 0 fully saturated rings. The lowest BCUT2D eigenvalue weighted by Gasteiger charge is -2.23. The van der Waals surface area contributed by atoms with Crippen LogP contribution in [0.3, 0.4) is 0 Å². The number of amides is 2. The first-order valence-corrected chi connectivity index (χ1v) is 9.88. The Kier molecular flexibility index (Phi) is 5.49. The highest BCUT2D eigenvalue weighted by molar-refractivity contribution is 6.25. The molecule has 0 unspecified atom stereocenters. The van der Waals surface area contributed by atoms with Crippen molar-refractivity contribution in [2.45, 2.75) is 12.8 Å². The number of ether oxygens (including phenoxy) is 1. The molecule has 156 valence electrons. The molecule has 0 bridgehead atoms. The van der Waals surface area contributed by atoms with Gasteiger partial charge in [0, 0.05) is 12.5 Å². The summed E-state index contributed by atoms with van der Waals surface area (Å²) in [6.07, 6.45) is 0.992. The summed E-state index contributed by atoms with van der Waals surface area (Å²) in [6, 6.07) is 19.1. The molecule has 3 aromatic rings. The van der Waals surface area contributed by atoms with Crippen LogP contribution in [0.5, 0.6) is 5.75 Å². The van der Waals surface area contributed by atoms with Crippen molar-refractivity contribution in [3.8, 4) is 5.75 Å². The Labute approximate surface area is 178 Å². The van der Waals surface area contributed by atoms with Crippen LogP contribution < -0.4 is 0 Å². The molecule has 2 heterocycles. The third-order valence-electron chi connectivity index (χ3n) is 5.21. The van der Waals surface area contributed by atoms with Gasteiger partial charge in [0.2, 0.25) is 0 Å². The Bertz CT molecular complexity index is 1110. The molecule has 0 spiro atoms. The van der Waals surface area contributed by atoms with Crippen LogP contribution in [0, 0.1) is 0 Å². The minimum absolute atomic E-state index is 0.0437. The monoisotopic (exact) mass is 416 g/mol. The number of imide groups is 1. The number of fused-ring (bicyclic) bond motifs is 1. The summed E-state index contributed by atoms with van der Waals surface area (Å²) in [5.74, 6) is -2.89. The molecule has 2 aromatic carbocycles. The second kappa shape index (κ2) is 8.39. The quantitative estimate of drug-likeness (QED) is 0.489. The van der Waals surface area contributed by atoms with Gasteiger partial charge in [-0.2, -0.15) is 0 Å². The fourth-order valence-electron chi connectivity index (χ4n) is 3.76. The molecule has 1 aromatic heterocycles. The van der Waals surface area contributed by atoms with E-state index in [0.717, 1.165) is 22.2 Å². The fraction of sp³-hybridized carbons (Fsp3) is 0.167. The maximum absolute atomic E-state index is 13.2. The minimum atomic E-state index is -0.815. The van der Waals surface area contributed by atoms with Crippen LogP contribution in [0.2, 0.25) is 0 Å².